The first-order valence-electron chi connectivity index (χ1n) is 10.5. The zero-order valence-electron chi connectivity index (χ0n) is 19.8. The van der Waals surface area contributed by atoms with Crippen LogP contribution in [0.4, 0.5) is 23.2 Å². The first-order valence-corrected chi connectivity index (χ1v) is 12.4. The molecule has 1 atom stereocenters. The van der Waals surface area contributed by atoms with Gasteiger partial charge in [-0.1, -0.05) is 18.1 Å². The fraction of sp³-hybridized carbons (Fsp3) is 0.391. The quantitative estimate of drug-likeness (QED) is 0.291. The lowest BCUT2D eigenvalue weighted by Crippen LogP contribution is -2.37. The fourth-order valence-electron chi connectivity index (χ4n) is 3.27. The van der Waals surface area contributed by atoms with Crippen molar-refractivity contribution in [1.82, 2.24) is 10.2 Å². The Kier molecular flexibility index (Phi) is 9.66. The van der Waals surface area contributed by atoms with Crippen LogP contribution in [0.25, 0.3) is 0 Å². The van der Waals surface area contributed by atoms with Crippen LogP contribution < -0.4 is 10.0 Å². The van der Waals surface area contributed by atoms with Crippen molar-refractivity contribution >= 4 is 27.5 Å². The summed E-state index contributed by atoms with van der Waals surface area (Å²) in [5, 5.41) is 2.53. The van der Waals surface area contributed by atoms with Crippen LogP contribution in [-0.4, -0.2) is 64.8 Å². The van der Waals surface area contributed by atoms with Crippen molar-refractivity contribution in [2.24, 2.45) is 10.9 Å². The lowest BCUT2D eigenvalue weighted by molar-refractivity contribution is -0.116. The molecule has 1 heterocycles. The van der Waals surface area contributed by atoms with E-state index in [9.17, 15) is 30.8 Å². The summed E-state index contributed by atoms with van der Waals surface area (Å²) in [6.45, 7) is 0.432. The Bertz CT molecular complexity index is 1220. The standard InChI is InChI=1S/C23H26F4N4O4S/c1-5-16-12-15(13-18(24)21(16)30-36(4,33)34)14-28-20(32)9-7-17-6-8-19(23(25,26)27)29-22(17)31(2)10-11-35-3/h1,7-9,12-13,17,30H,6,10-11,14H2,2-4H3,(H,28,32)/b9-7+. The Hall–Kier alpha value is -3.37. The number of aliphatic imine (C=N–C) groups is 1. The van der Waals surface area contributed by atoms with Crippen LogP contribution in [-0.2, 0) is 26.1 Å². The summed E-state index contributed by atoms with van der Waals surface area (Å²) in [6, 6.07) is 2.37. The van der Waals surface area contributed by atoms with Crippen LogP contribution in [0.5, 0.6) is 0 Å². The maximum atomic E-state index is 14.4. The minimum atomic E-state index is -4.60. The van der Waals surface area contributed by atoms with E-state index in [1.807, 2.05) is 4.72 Å². The van der Waals surface area contributed by atoms with E-state index in [4.69, 9.17) is 11.2 Å². The molecule has 1 unspecified atom stereocenters. The Morgan fingerprint density at radius 2 is 2.08 bits per heavy atom. The molecule has 0 aliphatic carbocycles. The summed E-state index contributed by atoms with van der Waals surface area (Å²) in [4.78, 5) is 17.6. The second-order valence-corrected chi connectivity index (χ2v) is 9.66. The number of rotatable bonds is 9. The van der Waals surface area contributed by atoms with Crippen LogP contribution in [0, 0.1) is 24.1 Å². The molecule has 0 aromatic heterocycles. The van der Waals surface area contributed by atoms with E-state index < -0.39 is 39.5 Å². The molecule has 2 N–H and O–H groups in total. The van der Waals surface area contributed by atoms with Gasteiger partial charge in [0, 0.05) is 33.2 Å². The Labute approximate surface area is 207 Å². The summed E-state index contributed by atoms with van der Waals surface area (Å²) < 4.78 is 83.7. The van der Waals surface area contributed by atoms with Gasteiger partial charge in [-0.3, -0.25) is 9.52 Å². The molecule has 1 aromatic carbocycles. The number of amidine groups is 1. The van der Waals surface area contributed by atoms with Crippen LogP contribution in [0.3, 0.4) is 0 Å². The molecule has 36 heavy (non-hydrogen) atoms. The highest BCUT2D eigenvalue weighted by Gasteiger charge is 2.37. The molecule has 0 bridgehead atoms. The third kappa shape index (κ3) is 8.39. The number of sulfonamides is 1. The fourth-order valence-corrected chi connectivity index (χ4v) is 3.85. The lowest BCUT2D eigenvalue weighted by atomic mass is 9.98. The largest absolute Gasteiger partial charge is 0.433 e. The van der Waals surface area contributed by atoms with E-state index in [1.54, 1.807) is 7.05 Å². The number of nitrogens with one attached hydrogen (secondary N) is 2. The van der Waals surface area contributed by atoms with Crippen molar-refractivity contribution in [2.75, 3.05) is 38.3 Å². The summed E-state index contributed by atoms with van der Waals surface area (Å²) in [5.41, 5.74) is -1.15. The zero-order valence-corrected chi connectivity index (χ0v) is 20.6. The normalized spacial score (nSPS) is 16.2. The second-order valence-electron chi connectivity index (χ2n) is 7.91. The van der Waals surface area contributed by atoms with Gasteiger partial charge in [-0.05, 0) is 30.2 Å². The van der Waals surface area contributed by atoms with Crippen molar-refractivity contribution < 1.29 is 35.5 Å². The van der Waals surface area contributed by atoms with Gasteiger partial charge in [0.2, 0.25) is 15.9 Å². The van der Waals surface area contributed by atoms with Gasteiger partial charge in [-0.25, -0.2) is 17.8 Å². The van der Waals surface area contributed by atoms with Gasteiger partial charge in [0.25, 0.3) is 0 Å². The van der Waals surface area contributed by atoms with Gasteiger partial charge in [0.05, 0.1) is 24.1 Å². The number of anilines is 1. The van der Waals surface area contributed by atoms with E-state index in [2.05, 4.69) is 16.2 Å². The van der Waals surface area contributed by atoms with E-state index in [0.29, 0.717) is 6.54 Å². The van der Waals surface area contributed by atoms with Gasteiger partial charge in [0.1, 0.15) is 17.3 Å². The summed E-state index contributed by atoms with van der Waals surface area (Å²) >= 11 is 0. The lowest BCUT2D eigenvalue weighted by Gasteiger charge is -2.29. The van der Waals surface area contributed by atoms with Crippen LogP contribution >= 0.6 is 0 Å². The first kappa shape index (κ1) is 28.9. The summed E-state index contributed by atoms with van der Waals surface area (Å²) in [7, 11) is -0.721. The molecule has 0 saturated carbocycles. The molecule has 1 aliphatic rings. The van der Waals surface area contributed by atoms with Gasteiger partial charge in [0.15, 0.2) is 0 Å². The van der Waals surface area contributed by atoms with Crippen LogP contribution in [0.2, 0.25) is 0 Å². The number of methoxy groups -OCH3 is 1. The van der Waals surface area contributed by atoms with E-state index in [0.717, 1.165) is 24.5 Å². The summed E-state index contributed by atoms with van der Waals surface area (Å²) in [6.07, 6.45) is 5.16. The maximum Gasteiger partial charge on any atom is 0.433 e. The van der Waals surface area contributed by atoms with Gasteiger partial charge < -0.3 is 15.0 Å². The number of likely N-dealkylation sites (N-methyl/N-ethyl adjacent to an activating group) is 1. The third-order valence-electron chi connectivity index (χ3n) is 4.98. The minimum absolute atomic E-state index is 0.0136. The van der Waals surface area contributed by atoms with Crippen molar-refractivity contribution in [3.8, 4) is 12.3 Å². The monoisotopic (exact) mass is 530 g/mol. The summed E-state index contributed by atoms with van der Waals surface area (Å²) in [5.74, 6) is 0.250. The molecule has 196 valence electrons. The molecular formula is C23H26F4N4O4S. The van der Waals surface area contributed by atoms with Crippen LogP contribution in [0.1, 0.15) is 17.5 Å². The molecule has 0 saturated heterocycles. The first-order chi connectivity index (χ1) is 16.7. The van der Waals surface area contributed by atoms with E-state index in [1.165, 1.54) is 24.2 Å². The molecular weight excluding hydrogens is 504 g/mol. The van der Waals surface area contributed by atoms with E-state index >= 15 is 0 Å². The number of amides is 1. The number of halogens is 4. The van der Waals surface area contributed by atoms with Crippen molar-refractivity contribution in [1.29, 1.82) is 0 Å². The molecule has 1 aromatic rings. The number of hydrogen-bond acceptors (Lipinski definition) is 6. The number of alkyl halides is 3. The SMILES string of the molecule is C#Cc1cc(CNC(=O)/C=C/C2CC=C(C(F)(F)F)N=C2N(C)CCOC)cc(F)c1NS(C)(=O)=O. The number of carbonyl (C=O) groups excluding carboxylic acids is 1. The molecule has 0 spiro atoms. The second kappa shape index (κ2) is 12.0. The molecule has 2 rings (SSSR count). The average molecular weight is 531 g/mol. The number of allylic oxidation sites excluding steroid dienone is 2. The number of carbonyl (C=O) groups is 1. The highest BCUT2D eigenvalue weighted by molar-refractivity contribution is 7.92. The van der Waals surface area contributed by atoms with Crippen molar-refractivity contribution in [3.63, 3.8) is 0 Å². The minimum Gasteiger partial charge on any atom is -0.383 e. The van der Waals surface area contributed by atoms with Gasteiger partial charge >= 0.3 is 6.18 Å². The Balaban J connectivity index is 2.12. The predicted molar refractivity (Wildman–Crippen MR) is 128 cm³/mol. The predicted octanol–water partition coefficient (Wildman–Crippen LogP) is 2.79. The third-order valence-corrected chi connectivity index (χ3v) is 5.56. The molecule has 0 fully saturated rings. The van der Waals surface area contributed by atoms with E-state index in [-0.39, 0.29) is 42.2 Å². The maximum absolute atomic E-state index is 14.4. The molecule has 8 nitrogen and oxygen atoms in total. The topological polar surface area (TPSA) is 100 Å². The van der Waals surface area contributed by atoms with Crippen molar-refractivity contribution in [2.45, 2.75) is 19.1 Å². The zero-order chi connectivity index (χ0) is 27.1. The highest BCUT2D eigenvalue weighted by Crippen LogP contribution is 2.32. The Morgan fingerprint density at radius 3 is 2.67 bits per heavy atom. The smallest absolute Gasteiger partial charge is 0.383 e. The number of hydrogen-bond donors (Lipinski definition) is 2. The van der Waals surface area contributed by atoms with Crippen molar-refractivity contribution in [3.05, 3.63) is 53.0 Å². The number of nitrogens with zero attached hydrogens (tertiary/aromatic N) is 2. The molecule has 0 radical (unpaired) electrons. The number of ether oxygens (including phenoxy) is 1. The highest BCUT2D eigenvalue weighted by atomic mass is 32.2. The van der Waals surface area contributed by atoms with Gasteiger partial charge in [-0.2, -0.15) is 13.2 Å². The molecule has 13 heteroatoms. The average Bonchev–Trinajstić information content (AvgIpc) is 2.79. The Morgan fingerprint density at radius 1 is 1.39 bits per heavy atom. The van der Waals surface area contributed by atoms with Crippen LogP contribution in [0.15, 0.2) is 41.1 Å². The number of terminal acetylenes is 1. The molecule has 1 aliphatic heterocycles. The molecule has 1 amide bonds. The number of benzene rings is 1. The van der Waals surface area contributed by atoms with Gasteiger partial charge in [-0.15, -0.1) is 6.42 Å².